The topological polar surface area (TPSA) is 138 Å². The summed E-state index contributed by atoms with van der Waals surface area (Å²) in [6, 6.07) is 0. The number of rotatable bonds is 5. The number of hydrogen-bond acceptors (Lipinski definition) is 6. The van der Waals surface area contributed by atoms with Crippen LogP contribution < -0.4 is 0 Å². The molecule has 18 heavy (non-hydrogen) atoms. The van der Waals surface area contributed by atoms with E-state index in [9.17, 15) is 19.2 Å². The molecule has 0 bridgehead atoms. The molecular formula is C8H11AlO8Zn. The Bertz CT molecular complexity index is 353. The Morgan fingerprint density at radius 2 is 1.61 bits per heavy atom. The number of esters is 2. The number of hydrogen-bond donors (Lipinski definition) is 3. The first-order chi connectivity index (χ1) is 7.32. The molecule has 0 rings (SSSR count). The van der Waals surface area contributed by atoms with E-state index in [2.05, 4.69) is 4.74 Å². The molecule has 3 N–H and O–H groups in total. The second-order valence-corrected chi connectivity index (χ2v) is 2.52. The summed E-state index contributed by atoms with van der Waals surface area (Å²) in [4.78, 5) is 41.5. The van der Waals surface area contributed by atoms with Gasteiger partial charge >= 0.3 is 23.9 Å². The van der Waals surface area contributed by atoms with Gasteiger partial charge in [0.25, 0.3) is 0 Å². The van der Waals surface area contributed by atoms with Gasteiger partial charge in [-0.05, 0) is 0 Å². The minimum atomic E-state index is -1.97. The van der Waals surface area contributed by atoms with Gasteiger partial charge < -0.3 is 20.1 Å². The third kappa shape index (κ3) is 11.4. The third-order valence-corrected chi connectivity index (χ3v) is 1.22. The van der Waals surface area contributed by atoms with E-state index in [4.69, 9.17) is 15.3 Å². The van der Waals surface area contributed by atoms with Crippen LogP contribution in [0.5, 0.6) is 0 Å². The molecule has 0 aliphatic heterocycles. The minimum Gasteiger partial charge on any atom is -0.479 e. The third-order valence-electron chi connectivity index (χ3n) is 1.22. The summed E-state index contributed by atoms with van der Waals surface area (Å²) in [6.45, 7) is 0. The smallest absolute Gasteiger partial charge is 0.338 e. The second kappa shape index (κ2) is 11.1. The molecule has 0 radical (unpaired) electrons. The van der Waals surface area contributed by atoms with Crippen LogP contribution in [0, 0.1) is 0 Å². The first-order valence-electron chi connectivity index (χ1n) is 3.89. The zero-order chi connectivity index (χ0) is 12.7. The van der Waals surface area contributed by atoms with Gasteiger partial charge in [-0.15, -0.1) is 0 Å². The molecule has 0 amide bonds. The first kappa shape index (κ1) is 22.1. The summed E-state index contributed by atoms with van der Waals surface area (Å²) in [6.07, 6.45) is -1.94. The fourth-order valence-corrected chi connectivity index (χ4v) is 0.572. The Labute approximate surface area is 125 Å². The maximum atomic E-state index is 10.8. The Balaban J connectivity index is -0.00000112. The van der Waals surface area contributed by atoms with Crippen molar-refractivity contribution in [3.63, 3.8) is 0 Å². The van der Waals surface area contributed by atoms with Crippen molar-refractivity contribution in [3.8, 4) is 0 Å². The summed E-state index contributed by atoms with van der Waals surface area (Å²) >= 11 is 0. The van der Waals surface area contributed by atoms with Gasteiger partial charge in [-0.25, -0.2) is 14.4 Å². The molecule has 0 spiro atoms. The summed E-state index contributed by atoms with van der Waals surface area (Å²) in [5.41, 5.74) is 0. The quantitative estimate of drug-likeness (QED) is 0.215. The molecule has 1 atom stereocenters. The molecule has 0 aliphatic rings. The molecule has 0 aromatic carbocycles. The zero-order valence-corrected chi connectivity index (χ0v) is 11.5. The molecule has 0 fully saturated rings. The van der Waals surface area contributed by atoms with E-state index in [0.717, 1.165) is 0 Å². The van der Waals surface area contributed by atoms with Gasteiger partial charge in [-0.2, -0.15) is 0 Å². The maximum absolute atomic E-state index is 10.8. The van der Waals surface area contributed by atoms with Gasteiger partial charge in [0, 0.05) is 31.6 Å². The van der Waals surface area contributed by atoms with Crippen molar-refractivity contribution in [2.75, 3.05) is 0 Å². The summed E-state index contributed by atoms with van der Waals surface area (Å²) in [5.74, 6) is -5.57. The van der Waals surface area contributed by atoms with E-state index in [0.29, 0.717) is 12.2 Å². The molecule has 10 heteroatoms. The van der Waals surface area contributed by atoms with Crippen LogP contribution in [0.25, 0.3) is 0 Å². The number of carboxylic acid groups (broad SMARTS) is 2. The van der Waals surface area contributed by atoms with Crippen LogP contribution in [0.2, 0.25) is 0 Å². The molecule has 0 saturated carbocycles. The zero-order valence-electron chi connectivity index (χ0n) is 8.53. The number of carboxylic acids is 2. The predicted octanol–water partition coefficient (Wildman–Crippen LogP) is -2.65. The Kier molecular flexibility index (Phi) is 13.6. The van der Waals surface area contributed by atoms with E-state index < -0.39 is 36.4 Å². The van der Waals surface area contributed by atoms with E-state index in [1.165, 1.54) is 0 Å². The molecule has 0 aromatic rings. The van der Waals surface area contributed by atoms with Crippen molar-refractivity contribution >= 4 is 41.2 Å². The summed E-state index contributed by atoms with van der Waals surface area (Å²) in [5, 5.41) is 25.0. The van der Waals surface area contributed by atoms with Gasteiger partial charge in [0.2, 0.25) is 0 Å². The van der Waals surface area contributed by atoms with Crippen molar-refractivity contribution in [1.82, 2.24) is 0 Å². The van der Waals surface area contributed by atoms with Crippen LogP contribution in [0.1, 0.15) is 6.42 Å². The Morgan fingerprint density at radius 3 is 2.00 bits per heavy atom. The first-order valence-corrected chi connectivity index (χ1v) is 3.89. The maximum Gasteiger partial charge on any atom is 0.338 e. The van der Waals surface area contributed by atoms with Crippen molar-refractivity contribution in [2.24, 2.45) is 0 Å². The number of aliphatic carboxylic acids is 2. The molecule has 0 aromatic heterocycles. The van der Waals surface area contributed by atoms with Crippen LogP contribution in [0.3, 0.4) is 0 Å². The van der Waals surface area contributed by atoms with Gasteiger partial charge in [0.1, 0.15) is 0 Å². The van der Waals surface area contributed by atoms with Crippen LogP contribution >= 0.6 is 0 Å². The standard InChI is InChI=1S/C8H8O8.Al.Zn.3H/c9-4(8(14)15)3-7(13)16-6(12)2-1-5(10)11;;;;;/h1-2,4,9H,3H2,(H,10,11)(H,14,15);;;;;/b2-1-;;;;;. The largest absolute Gasteiger partial charge is 0.479 e. The Hall–Kier alpha value is -1.06. The molecule has 0 aliphatic carbocycles. The number of carbonyl (C=O) groups is 4. The number of ether oxygens (including phenoxy) is 1. The van der Waals surface area contributed by atoms with Gasteiger partial charge in [0.15, 0.2) is 23.5 Å². The fraction of sp³-hybridized carbons (Fsp3) is 0.250. The van der Waals surface area contributed by atoms with E-state index in [1.807, 2.05) is 0 Å². The second-order valence-electron chi connectivity index (χ2n) is 2.52. The van der Waals surface area contributed by atoms with Crippen molar-refractivity contribution in [1.29, 1.82) is 0 Å². The molecule has 0 saturated heterocycles. The van der Waals surface area contributed by atoms with E-state index in [-0.39, 0.29) is 36.8 Å². The fourth-order valence-electron chi connectivity index (χ4n) is 0.572. The van der Waals surface area contributed by atoms with Crippen molar-refractivity contribution < 1.29 is 58.7 Å². The molecule has 96 valence electrons. The van der Waals surface area contributed by atoms with Crippen molar-refractivity contribution in [2.45, 2.75) is 12.5 Å². The number of aliphatic hydroxyl groups is 1. The monoisotopic (exact) mass is 326 g/mol. The van der Waals surface area contributed by atoms with E-state index >= 15 is 0 Å². The van der Waals surface area contributed by atoms with Crippen LogP contribution in [0.15, 0.2) is 12.2 Å². The average molecular weight is 328 g/mol. The van der Waals surface area contributed by atoms with E-state index in [1.54, 1.807) is 0 Å². The molecule has 1 unspecified atom stereocenters. The molecular weight excluding hydrogens is 316 g/mol. The van der Waals surface area contributed by atoms with Crippen LogP contribution in [-0.4, -0.2) is 62.7 Å². The summed E-state index contributed by atoms with van der Waals surface area (Å²) < 4.78 is 3.97. The van der Waals surface area contributed by atoms with Crippen molar-refractivity contribution in [3.05, 3.63) is 12.2 Å². The van der Waals surface area contributed by atoms with Crippen LogP contribution in [-0.2, 0) is 43.4 Å². The molecule has 8 nitrogen and oxygen atoms in total. The number of carbonyl (C=O) groups excluding carboxylic acids is 2. The van der Waals surface area contributed by atoms with Gasteiger partial charge in [-0.3, -0.25) is 4.79 Å². The van der Waals surface area contributed by atoms with Crippen LogP contribution in [0.4, 0.5) is 0 Å². The minimum absolute atomic E-state index is 0. The Morgan fingerprint density at radius 1 is 1.11 bits per heavy atom. The normalized spacial score (nSPS) is 10.7. The SMILES string of the molecule is O=C(O)/C=C\C(=O)OC(=O)CC(O)C(=O)O.[AlH3].[Zn]. The predicted molar refractivity (Wildman–Crippen MR) is 56.1 cm³/mol. The van der Waals surface area contributed by atoms with Gasteiger partial charge in [0.05, 0.1) is 6.42 Å². The average Bonchev–Trinajstić information content (AvgIpc) is 2.14. The van der Waals surface area contributed by atoms with Gasteiger partial charge in [-0.1, -0.05) is 0 Å². The molecule has 0 heterocycles. The summed E-state index contributed by atoms with van der Waals surface area (Å²) in [7, 11) is 0. The number of aliphatic hydroxyl groups excluding tert-OH is 1.